The molecular weight excluding hydrogens is 384 g/mol. The fraction of sp³-hybridized carbons (Fsp3) is 0.370. The van der Waals surface area contributed by atoms with Crippen LogP contribution in [0.1, 0.15) is 60.1 Å². The summed E-state index contributed by atoms with van der Waals surface area (Å²) in [5, 5.41) is 3.28. The number of carbonyl (C=O) groups is 1. The first-order chi connectivity index (χ1) is 15.1. The molecule has 1 atom stereocenters. The molecule has 0 aliphatic heterocycles. The summed E-state index contributed by atoms with van der Waals surface area (Å²) in [6, 6.07) is 20.7. The van der Waals surface area contributed by atoms with Gasteiger partial charge in [-0.1, -0.05) is 42.5 Å². The van der Waals surface area contributed by atoms with E-state index in [1.807, 2.05) is 37.3 Å². The number of para-hydroxylation sites is 1. The molecule has 4 nitrogen and oxygen atoms in total. The smallest absolute Gasteiger partial charge is 0.253 e. The van der Waals surface area contributed by atoms with Gasteiger partial charge < -0.3 is 15.0 Å². The zero-order valence-corrected chi connectivity index (χ0v) is 18.7. The maximum absolute atomic E-state index is 13.2. The molecule has 0 bridgehead atoms. The molecule has 1 saturated carbocycles. The van der Waals surface area contributed by atoms with Crippen LogP contribution in [0.3, 0.4) is 0 Å². The number of hydrogen-bond acceptors (Lipinski definition) is 2. The highest BCUT2D eigenvalue weighted by Crippen LogP contribution is 2.37. The zero-order chi connectivity index (χ0) is 21.8. The van der Waals surface area contributed by atoms with Gasteiger partial charge in [0.25, 0.3) is 5.91 Å². The maximum atomic E-state index is 13.2. The predicted molar refractivity (Wildman–Crippen MR) is 126 cm³/mol. The minimum Gasteiger partial charge on any atom is -0.496 e. The van der Waals surface area contributed by atoms with E-state index >= 15 is 0 Å². The summed E-state index contributed by atoms with van der Waals surface area (Å²) in [5.41, 5.74) is 4.79. The number of methoxy groups -OCH3 is 1. The van der Waals surface area contributed by atoms with Crippen molar-refractivity contribution >= 4 is 5.91 Å². The highest BCUT2D eigenvalue weighted by Gasteiger charge is 2.28. The molecule has 1 fully saturated rings. The van der Waals surface area contributed by atoms with Crippen molar-refractivity contribution < 1.29 is 9.53 Å². The van der Waals surface area contributed by atoms with Crippen molar-refractivity contribution in [1.29, 1.82) is 0 Å². The number of hydrogen-bond donors (Lipinski definition) is 2. The van der Waals surface area contributed by atoms with Crippen LogP contribution in [0.2, 0.25) is 0 Å². The lowest BCUT2D eigenvalue weighted by Crippen LogP contribution is -2.39. The van der Waals surface area contributed by atoms with Gasteiger partial charge in [-0.3, -0.25) is 4.79 Å². The van der Waals surface area contributed by atoms with E-state index in [1.54, 1.807) is 7.11 Å². The van der Waals surface area contributed by atoms with Crippen LogP contribution in [-0.2, 0) is 0 Å². The SMILES string of the molecule is COc1ccccc1-c1[nH]c(C)cc1C(=O)N[C@@H](C)C1CCC(c2ccccc2)CC1. The van der Waals surface area contributed by atoms with Gasteiger partial charge in [0.1, 0.15) is 5.75 Å². The molecule has 31 heavy (non-hydrogen) atoms. The third kappa shape index (κ3) is 4.68. The number of amides is 1. The molecule has 3 aromatic rings. The second-order valence-electron chi connectivity index (χ2n) is 8.73. The molecule has 1 aliphatic rings. The molecule has 1 aromatic heterocycles. The summed E-state index contributed by atoms with van der Waals surface area (Å²) in [6.07, 6.45) is 4.66. The van der Waals surface area contributed by atoms with E-state index in [1.165, 1.54) is 18.4 Å². The van der Waals surface area contributed by atoms with Crippen molar-refractivity contribution in [2.45, 2.75) is 51.5 Å². The van der Waals surface area contributed by atoms with Gasteiger partial charge in [-0.15, -0.1) is 0 Å². The molecule has 0 unspecified atom stereocenters. The topological polar surface area (TPSA) is 54.1 Å². The minimum atomic E-state index is -0.0251. The summed E-state index contributed by atoms with van der Waals surface area (Å²) < 4.78 is 5.51. The first-order valence-corrected chi connectivity index (χ1v) is 11.3. The second-order valence-corrected chi connectivity index (χ2v) is 8.73. The number of benzene rings is 2. The second kappa shape index (κ2) is 9.42. The van der Waals surface area contributed by atoms with E-state index in [2.05, 4.69) is 47.6 Å². The quantitative estimate of drug-likeness (QED) is 0.511. The molecule has 4 rings (SSSR count). The molecule has 1 amide bonds. The van der Waals surface area contributed by atoms with Crippen LogP contribution in [-0.4, -0.2) is 24.0 Å². The number of nitrogens with one attached hydrogen (secondary N) is 2. The van der Waals surface area contributed by atoms with Crippen molar-refractivity contribution in [2.24, 2.45) is 5.92 Å². The molecule has 2 N–H and O–H groups in total. The fourth-order valence-corrected chi connectivity index (χ4v) is 4.91. The summed E-state index contributed by atoms with van der Waals surface area (Å²) in [5.74, 6) is 1.89. The van der Waals surface area contributed by atoms with Gasteiger partial charge in [0, 0.05) is 17.3 Å². The van der Waals surface area contributed by atoms with E-state index in [0.29, 0.717) is 17.4 Å². The standard InChI is InChI=1S/C27H32N2O2/c1-18-17-24(26(28-18)23-11-7-8-12-25(23)31-3)27(30)29-19(2)20-13-15-22(16-14-20)21-9-5-4-6-10-21/h4-12,17,19-20,22,28H,13-16H2,1-3H3,(H,29,30)/t19-,20?,22?/m0/s1. The van der Waals surface area contributed by atoms with Crippen LogP contribution in [0.15, 0.2) is 60.7 Å². The van der Waals surface area contributed by atoms with Crippen LogP contribution >= 0.6 is 0 Å². The Bertz CT molecular complexity index is 1020. The van der Waals surface area contributed by atoms with E-state index in [9.17, 15) is 4.79 Å². The lowest BCUT2D eigenvalue weighted by Gasteiger charge is -2.33. The maximum Gasteiger partial charge on any atom is 0.253 e. The van der Waals surface area contributed by atoms with E-state index in [0.717, 1.165) is 35.5 Å². The molecule has 4 heteroatoms. The number of rotatable bonds is 6. The summed E-state index contributed by atoms with van der Waals surface area (Å²) >= 11 is 0. The van der Waals surface area contributed by atoms with Crippen molar-refractivity contribution in [3.63, 3.8) is 0 Å². The molecule has 2 aromatic carbocycles. The molecule has 1 aliphatic carbocycles. The highest BCUT2D eigenvalue weighted by atomic mass is 16.5. The Balaban J connectivity index is 1.43. The van der Waals surface area contributed by atoms with Gasteiger partial charge in [-0.25, -0.2) is 0 Å². The van der Waals surface area contributed by atoms with E-state index in [4.69, 9.17) is 4.74 Å². The normalized spacial score (nSPS) is 19.6. The molecule has 0 spiro atoms. The Hall–Kier alpha value is -3.01. The minimum absolute atomic E-state index is 0.0251. The summed E-state index contributed by atoms with van der Waals surface area (Å²) in [7, 11) is 1.65. The third-order valence-corrected chi connectivity index (χ3v) is 6.68. The van der Waals surface area contributed by atoms with E-state index in [-0.39, 0.29) is 11.9 Å². The number of aryl methyl sites for hydroxylation is 1. The largest absolute Gasteiger partial charge is 0.496 e. The first-order valence-electron chi connectivity index (χ1n) is 11.3. The molecular formula is C27H32N2O2. The Morgan fingerprint density at radius 2 is 1.71 bits per heavy atom. The number of aromatic amines is 1. The van der Waals surface area contributed by atoms with Crippen molar-refractivity contribution in [1.82, 2.24) is 10.3 Å². The Morgan fingerprint density at radius 3 is 2.42 bits per heavy atom. The average molecular weight is 417 g/mol. The van der Waals surface area contributed by atoms with Crippen LogP contribution in [0, 0.1) is 12.8 Å². The lowest BCUT2D eigenvalue weighted by atomic mass is 9.76. The predicted octanol–water partition coefficient (Wildman–Crippen LogP) is 6.09. The third-order valence-electron chi connectivity index (χ3n) is 6.68. The molecule has 0 saturated heterocycles. The Morgan fingerprint density at radius 1 is 1.03 bits per heavy atom. The van der Waals surface area contributed by atoms with Gasteiger partial charge in [-0.2, -0.15) is 0 Å². The molecule has 0 radical (unpaired) electrons. The van der Waals surface area contributed by atoms with Crippen molar-refractivity contribution in [3.8, 4) is 17.0 Å². The fourth-order valence-electron chi connectivity index (χ4n) is 4.91. The zero-order valence-electron chi connectivity index (χ0n) is 18.7. The molecule has 1 heterocycles. The Kier molecular flexibility index (Phi) is 6.45. The van der Waals surface area contributed by atoms with Crippen LogP contribution in [0.25, 0.3) is 11.3 Å². The van der Waals surface area contributed by atoms with Gasteiger partial charge in [0.05, 0.1) is 18.4 Å². The number of aromatic nitrogens is 1. The monoisotopic (exact) mass is 416 g/mol. The molecule has 162 valence electrons. The number of H-pyrrole nitrogens is 1. The van der Waals surface area contributed by atoms with Crippen molar-refractivity contribution in [2.75, 3.05) is 7.11 Å². The van der Waals surface area contributed by atoms with E-state index < -0.39 is 0 Å². The average Bonchev–Trinajstić information content (AvgIpc) is 3.21. The summed E-state index contributed by atoms with van der Waals surface area (Å²) in [6.45, 7) is 4.12. The number of ether oxygens (including phenoxy) is 1. The highest BCUT2D eigenvalue weighted by molar-refractivity contribution is 6.01. The van der Waals surface area contributed by atoms with Crippen LogP contribution in [0.4, 0.5) is 0 Å². The number of carbonyl (C=O) groups excluding carboxylic acids is 1. The van der Waals surface area contributed by atoms with Crippen LogP contribution in [0.5, 0.6) is 5.75 Å². The van der Waals surface area contributed by atoms with Crippen LogP contribution < -0.4 is 10.1 Å². The summed E-state index contributed by atoms with van der Waals surface area (Å²) in [4.78, 5) is 16.6. The van der Waals surface area contributed by atoms with Gasteiger partial charge >= 0.3 is 0 Å². The van der Waals surface area contributed by atoms with Gasteiger partial charge in [-0.05, 0) is 75.1 Å². The van der Waals surface area contributed by atoms with Gasteiger partial charge in [0.2, 0.25) is 0 Å². The lowest BCUT2D eigenvalue weighted by molar-refractivity contribution is 0.0918. The van der Waals surface area contributed by atoms with Gasteiger partial charge in [0.15, 0.2) is 0 Å². The Labute approximate surface area is 185 Å². The first kappa shape index (κ1) is 21.2. The van der Waals surface area contributed by atoms with Crippen molar-refractivity contribution in [3.05, 3.63) is 77.5 Å².